The van der Waals surface area contributed by atoms with Gasteiger partial charge in [0.1, 0.15) is 0 Å². The van der Waals surface area contributed by atoms with Crippen molar-refractivity contribution in [2.75, 3.05) is 32.7 Å². The lowest BCUT2D eigenvalue weighted by molar-refractivity contribution is 0.0665. The van der Waals surface area contributed by atoms with E-state index in [0.29, 0.717) is 32.7 Å². The first-order valence-corrected chi connectivity index (χ1v) is 8.56. The highest BCUT2D eigenvalue weighted by molar-refractivity contribution is 5.94. The van der Waals surface area contributed by atoms with Crippen LogP contribution in [0.4, 0.5) is 4.79 Å². The van der Waals surface area contributed by atoms with Crippen LogP contribution in [0.2, 0.25) is 0 Å². The third-order valence-corrected chi connectivity index (χ3v) is 4.12. The van der Waals surface area contributed by atoms with Gasteiger partial charge in [0.05, 0.1) is 0 Å². The molecule has 126 valence electrons. The molecule has 0 unspecified atom stereocenters. The summed E-state index contributed by atoms with van der Waals surface area (Å²) in [5.41, 5.74) is 2.00. The molecule has 23 heavy (non-hydrogen) atoms. The Kier molecular flexibility index (Phi) is 6.44. The normalized spacial score (nSPS) is 14.7. The van der Waals surface area contributed by atoms with E-state index >= 15 is 0 Å². The summed E-state index contributed by atoms with van der Waals surface area (Å²) >= 11 is 0. The molecule has 1 fully saturated rings. The molecule has 1 aromatic rings. The maximum atomic E-state index is 12.5. The van der Waals surface area contributed by atoms with E-state index in [-0.39, 0.29) is 11.9 Å². The van der Waals surface area contributed by atoms with E-state index < -0.39 is 0 Å². The van der Waals surface area contributed by atoms with Crippen LogP contribution in [0.5, 0.6) is 0 Å². The van der Waals surface area contributed by atoms with Crippen molar-refractivity contribution >= 4 is 11.9 Å². The number of carbonyl (C=O) groups excluding carboxylic acids is 2. The number of rotatable bonds is 5. The Morgan fingerprint density at radius 2 is 1.57 bits per heavy atom. The van der Waals surface area contributed by atoms with Gasteiger partial charge < -0.3 is 15.1 Å². The van der Waals surface area contributed by atoms with Gasteiger partial charge in [-0.3, -0.25) is 4.79 Å². The van der Waals surface area contributed by atoms with Gasteiger partial charge in [-0.15, -0.1) is 0 Å². The van der Waals surface area contributed by atoms with Crippen LogP contribution >= 0.6 is 0 Å². The predicted octanol–water partition coefficient (Wildman–Crippen LogP) is 2.52. The molecule has 0 radical (unpaired) electrons. The summed E-state index contributed by atoms with van der Waals surface area (Å²) in [7, 11) is 0. The summed E-state index contributed by atoms with van der Waals surface area (Å²) in [5, 5.41) is 2.88. The molecule has 1 aliphatic rings. The zero-order valence-corrected chi connectivity index (χ0v) is 14.2. The standard InChI is InChI=1S/C18H27N3O2/c1-3-5-15-6-8-16(9-7-15)17(22)20-11-13-21(14-12-20)18(23)19-10-4-2/h6-9H,3-5,10-14H2,1-2H3,(H,19,23). The lowest BCUT2D eigenvalue weighted by Crippen LogP contribution is -2.53. The van der Waals surface area contributed by atoms with Gasteiger partial charge in [0.15, 0.2) is 0 Å². The van der Waals surface area contributed by atoms with Gasteiger partial charge in [0, 0.05) is 38.3 Å². The Hall–Kier alpha value is -2.04. The van der Waals surface area contributed by atoms with Crippen LogP contribution in [-0.4, -0.2) is 54.5 Å². The minimum Gasteiger partial charge on any atom is -0.338 e. The molecule has 5 nitrogen and oxygen atoms in total. The van der Waals surface area contributed by atoms with Crippen molar-refractivity contribution in [2.24, 2.45) is 0 Å². The lowest BCUT2D eigenvalue weighted by atomic mass is 10.1. The van der Waals surface area contributed by atoms with Crippen LogP contribution in [0, 0.1) is 0 Å². The second kappa shape index (κ2) is 8.56. The Morgan fingerprint density at radius 3 is 2.13 bits per heavy atom. The summed E-state index contributed by atoms with van der Waals surface area (Å²) < 4.78 is 0. The highest BCUT2D eigenvalue weighted by atomic mass is 16.2. The topological polar surface area (TPSA) is 52.7 Å². The molecule has 2 rings (SSSR count). The van der Waals surface area contributed by atoms with Gasteiger partial charge in [-0.05, 0) is 30.5 Å². The number of piperazine rings is 1. The van der Waals surface area contributed by atoms with Crippen molar-refractivity contribution in [3.8, 4) is 0 Å². The molecule has 3 amide bonds. The first kappa shape index (κ1) is 17.3. The van der Waals surface area contributed by atoms with E-state index in [4.69, 9.17) is 0 Å². The van der Waals surface area contributed by atoms with Gasteiger partial charge in [0.25, 0.3) is 5.91 Å². The first-order chi connectivity index (χ1) is 11.2. The number of carbonyl (C=O) groups is 2. The third kappa shape index (κ3) is 4.71. The van der Waals surface area contributed by atoms with Crippen LogP contribution in [-0.2, 0) is 6.42 Å². The highest BCUT2D eigenvalue weighted by Gasteiger charge is 2.24. The van der Waals surface area contributed by atoms with E-state index in [1.165, 1.54) is 5.56 Å². The van der Waals surface area contributed by atoms with Gasteiger partial charge in [-0.1, -0.05) is 32.4 Å². The molecular weight excluding hydrogens is 290 g/mol. The Morgan fingerprint density at radius 1 is 0.957 bits per heavy atom. The van der Waals surface area contributed by atoms with Crippen LogP contribution in [0.3, 0.4) is 0 Å². The van der Waals surface area contributed by atoms with Crippen LogP contribution in [0.25, 0.3) is 0 Å². The number of benzene rings is 1. The molecule has 0 bridgehead atoms. The fourth-order valence-corrected chi connectivity index (χ4v) is 2.74. The molecule has 5 heteroatoms. The number of amides is 3. The van der Waals surface area contributed by atoms with Gasteiger partial charge in [-0.25, -0.2) is 4.79 Å². The van der Waals surface area contributed by atoms with Crippen molar-refractivity contribution in [3.63, 3.8) is 0 Å². The van der Waals surface area contributed by atoms with Crippen LogP contribution in [0.1, 0.15) is 42.6 Å². The summed E-state index contributed by atoms with van der Waals surface area (Å²) in [6, 6.07) is 7.86. The minimum absolute atomic E-state index is 0.0251. The quantitative estimate of drug-likeness (QED) is 0.907. The number of nitrogens with zero attached hydrogens (tertiary/aromatic N) is 2. The molecule has 0 atom stereocenters. The Balaban J connectivity index is 1.86. The van der Waals surface area contributed by atoms with E-state index in [9.17, 15) is 9.59 Å². The van der Waals surface area contributed by atoms with E-state index in [1.807, 2.05) is 36.1 Å². The zero-order valence-electron chi connectivity index (χ0n) is 14.2. The monoisotopic (exact) mass is 317 g/mol. The van der Waals surface area contributed by atoms with Gasteiger partial charge in [-0.2, -0.15) is 0 Å². The average molecular weight is 317 g/mol. The van der Waals surface area contributed by atoms with Crippen LogP contribution in [0.15, 0.2) is 24.3 Å². The number of aryl methyl sites for hydroxylation is 1. The molecule has 1 aliphatic heterocycles. The van der Waals surface area contributed by atoms with E-state index in [0.717, 1.165) is 24.8 Å². The summed E-state index contributed by atoms with van der Waals surface area (Å²) in [6.07, 6.45) is 3.08. The molecule has 1 saturated heterocycles. The summed E-state index contributed by atoms with van der Waals surface area (Å²) in [4.78, 5) is 28.1. The molecule has 0 saturated carbocycles. The third-order valence-electron chi connectivity index (χ3n) is 4.12. The maximum absolute atomic E-state index is 12.5. The molecule has 1 N–H and O–H groups in total. The second-order valence-electron chi connectivity index (χ2n) is 5.96. The van der Waals surface area contributed by atoms with Crippen molar-refractivity contribution in [1.82, 2.24) is 15.1 Å². The lowest BCUT2D eigenvalue weighted by Gasteiger charge is -2.34. The predicted molar refractivity (Wildman–Crippen MR) is 91.6 cm³/mol. The number of nitrogens with one attached hydrogen (secondary N) is 1. The van der Waals surface area contributed by atoms with E-state index in [2.05, 4.69) is 12.2 Å². The zero-order chi connectivity index (χ0) is 16.7. The Labute approximate surface area is 138 Å². The van der Waals surface area contributed by atoms with Crippen molar-refractivity contribution in [2.45, 2.75) is 33.1 Å². The number of hydrogen-bond donors (Lipinski definition) is 1. The van der Waals surface area contributed by atoms with Crippen molar-refractivity contribution < 1.29 is 9.59 Å². The molecule has 0 aromatic heterocycles. The first-order valence-electron chi connectivity index (χ1n) is 8.56. The van der Waals surface area contributed by atoms with Crippen LogP contribution < -0.4 is 5.32 Å². The van der Waals surface area contributed by atoms with Gasteiger partial charge >= 0.3 is 6.03 Å². The smallest absolute Gasteiger partial charge is 0.317 e. The molecule has 1 heterocycles. The van der Waals surface area contributed by atoms with E-state index in [1.54, 1.807) is 4.90 Å². The summed E-state index contributed by atoms with van der Waals surface area (Å²) in [6.45, 7) is 7.24. The Bertz CT molecular complexity index is 520. The SMILES string of the molecule is CCCNC(=O)N1CCN(C(=O)c2ccc(CCC)cc2)CC1. The number of urea groups is 1. The summed E-state index contributed by atoms with van der Waals surface area (Å²) in [5.74, 6) is 0.0571. The van der Waals surface area contributed by atoms with Gasteiger partial charge in [0.2, 0.25) is 0 Å². The molecule has 0 aliphatic carbocycles. The van der Waals surface area contributed by atoms with Crippen molar-refractivity contribution in [1.29, 1.82) is 0 Å². The van der Waals surface area contributed by atoms with Crippen molar-refractivity contribution in [3.05, 3.63) is 35.4 Å². The number of hydrogen-bond acceptors (Lipinski definition) is 2. The largest absolute Gasteiger partial charge is 0.338 e. The fraction of sp³-hybridized carbons (Fsp3) is 0.556. The fourth-order valence-electron chi connectivity index (χ4n) is 2.74. The maximum Gasteiger partial charge on any atom is 0.317 e. The molecular formula is C18H27N3O2. The minimum atomic E-state index is -0.0251. The molecule has 1 aromatic carbocycles. The highest BCUT2D eigenvalue weighted by Crippen LogP contribution is 2.11. The molecule has 0 spiro atoms. The average Bonchev–Trinajstić information content (AvgIpc) is 2.60. The second-order valence-corrected chi connectivity index (χ2v) is 5.96.